The summed E-state index contributed by atoms with van der Waals surface area (Å²) in [6.45, 7) is 0. The summed E-state index contributed by atoms with van der Waals surface area (Å²) < 4.78 is 96.9. The van der Waals surface area contributed by atoms with Crippen LogP contribution in [0.3, 0.4) is 0 Å². The second-order valence-electron chi connectivity index (χ2n) is 5.81. The highest BCUT2D eigenvalue weighted by atomic mass is 32.2. The predicted octanol–water partition coefficient (Wildman–Crippen LogP) is 3.49. The fourth-order valence-electron chi connectivity index (χ4n) is 2.62. The highest BCUT2D eigenvalue weighted by molar-refractivity contribution is 7.89. The van der Waals surface area contributed by atoms with Crippen LogP contribution in [-0.4, -0.2) is 25.3 Å². The van der Waals surface area contributed by atoms with E-state index in [1.807, 2.05) is 0 Å². The number of sulfonamides is 1. The lowest BCUT2D eigenvalue weighted by Crippen LogP contribution is -2.12. The maximum absolute atomic E-state index is 14.9. The number of methoxy groups -OCH3 is 1. The number of primary sulfonamides is 1. The van der Waals surface area contributed by atoms with Crippen molar-refractivity contribution >= 4 is 10.0 Å². The lowest BCUT2D eigenvalue weighted by atomic mass is 10.1. The van der Waals surface area contributed by atoms with E-state index in [1.165, 1.54) is 7.11 Å². The summed E-state index contributed by atoms with van der Waals surface area (Å²) in [6.07, 6.45) is -5.04. The molecule has 154 valence electrons. The van der Waals surface area contributed by atoms with Gasteiger partial charge in [0.25, 0.3) is 0 Å². The topological polar surface area (TPSA) is 87.2 Å². The van der Waals surface area contributed by atoms with Crippen molar-refractivity contribution in [3.8, 4) is 22.6 Å². The van der Waals surface area contributed by atoms with E-state index in [2.05, 4.69) is 5.10 Å². The molecule has 0 aliphatic heterocycles. The van der Waals surface area contributed by atoms with E-state index in [1.54, 1.807) is 0 Å². The number of hydrogen-bond donors (Lipinski definition) is 1. The molecular formula is C17H12F5N3O3S. The Bertz CT molecular complexity index is 1170. The molecule has 29 heavy (non-hydrogen) atoms. The Labute approximate surface area is 161 Å². The van der Waals surface area contributed by atoms with Gasteiger partial charge in [-0.1, -0.05) is 6.07 Å². The normalized spacial score (nSPS) is 12.2. The molecule has 0 spiro atoms. The second-order valence-corrected chi connectivity index (χ2v) is 7.37. The number of nitrogens with zero attached hydrogens (tertiary/aromatic N) is 2. The van der Waals surface area contributed by atoms with E-state index in [9.17, 15) is 30.4 Å². The van der Waals surface area contributed by atoms with Gasteiger partial charge in [0.15, 0.2) is 17.3 Å². The van der Waals surface area contributed by atoms with Crippen LogP contribution in [0.25, 0.3) is 16.8 Å². The lowest BCUT2D eigenvalue weighted by molar-refractivity contribution is -0.140. The van der Waals surface area contributed by atoms with Crippen molar-refractivity contribution in [3.63, 3.8) is 0 Å². The van der Waals surface area contributed by atoms with Gasteiger partial charge in [-0.3, -0.25) is 0 Å². The van der Waals surface area contributed by atoms with Crippen LogP contribution < -0.4 is 9.88 Å². The molecule has 0 unspecified atom stereocenters. The maximum atomic E-state index is 14.9. The lowest BCUT2D eigenvalue weighted by Gasteiger charge is -2.08. The van der Waals surface area contributed by atoms with Crippen LogP contribution in [-0.2, 0) is 16.2 Å². The zero-order valence-corrected chi connectivity index (χ0v) is 15.4. The van der Waals surface area contributed by atoms with Crippen LogP contribution in [0.15, 0.2) is 47.4 Å². The van der Waals surface area contributed by atoms with Crippen LogP contribution in [0.1, 0.15) is 5.69 Å². The van der Waals surface area contributed by atoms with Gasteiger partial charge in [0.2, 0.25) is 16.0 Å². The number of hydrogen-bond acceptors (Lipinski definition) is 4. The van der Waals surface area contributed by atoms with Crippen molar-refractivity contribution in [1.82, 2.24) is 9.78 Å². The summed E-state index contributed by atoms with van der Waals surface area (Å²) in [6, 6.07) is 6.87. The highest BCUT2D eigenvalue weighted by Gasteiger charge is 2.40. The molecule has 0 saturated heterocycles. The van der Waals surface area contributed by atoms with Gasteiger partial charge in [-0.25, -0.2) is 22.6 Å². The molecule has 0 aliphatic carbocycles. The standard InChI is InChI=1S/C17H12F5N3O3S/c1-28-13-7-2-9(8-12(13)18)14-15(17(20,21)22)24-25(16(14)19)10-3-5-11(6-4-10)29(23,26)27/h2-8H,1H3,(H2,23,26,27). The minimum absolute atomic E-state index is 0.194. The fraction of sp³-hybridized carbons (Fsp3) is 0.118. The Hall–Kier alpha value is -2.99. The summed E-state index contributed by atoms with van der Waals surface area (Å²) in [5, 5.41) is 8.23. The van der Waals surface area contributed by atoms with Crippen LogP contribution in [0, 0.1) is 11.8 Å². The van der Waals surface area contributed by atoms with Gasteiger partial charge in [0, 0.05) is 0 Å². The summed E-state index contributed by atoms with van der Waals surface area (Å²) in [7, 11) is -2.88. The quantitative estimate of drug-likeness (QED) is 0.638. The highest BCUT2D eigenvalue weighted by Crippen LogP contribution is 2.39. The molecule has 1 aromatic heterocycles. The summed E-state index contributed by atoms with van der Waals surface area (Å²) in [5.41, 5.74) is -3.13. The third kappa shape index (κ3) is 3.93. The Morgan fingerprint density at radius 2 is 1.69 bits per heavy atom. The first-order chi connectivity index (χ1) is 13.4. The van der Waals surface area contributed by atoms with Crippen molar-refractivity contribution in [3.05, 3.63) is 59.9 Å². The number of alkyl halides is 3. The molecule has 3 aromatic rings. The third-order valence-electron chi connectivity index (χ3n) is 3.95. The van der Waals surface area contributed by atoms with Gasteiger partial charge in [-0.05, 0) is 42.0 Å². The minimum atomic E-state index is -5.04. The van der Waals surface area contributed by atoms with E-state index in [0.29, 0.717) is 10.7 Å². The van der Waals surface area contributed by atoms with Gasteiger partial charge < -0.3 is 4.74 Å². The molecule has 0 saturated carbocycles. The molecule has 0 aliphatic rings. The summed E-state index contributed by atoms with van der Waals surface area (Å²) in [4.78, 5) is -0.317. The summed E-state index contributed by atoms with van der Waals surface area (Å²) >= 11 is 0. The Morgan fingerprint density at radius 1 is 1.07 bits per heavy atom. The first-order valence-corrected chi connectivity index (χ1v) is 9.31. The first kappa shape index (κ1) is 20.7. The van der Waals surface area contributed by atoms with E-state index in [-0.39, 0.29) is 16.3 Å². The van der Waals surface area contributed by atoms with Crippen LogP contribution in [0.5, 0.6) is 5.75 Å². The molecule has 0 amide bonds. The van der Waals surface area contributed by atoms with Gasteiger partial charge in [-0.15, -0.1) is 0 Å². The molecule has 12 heteroatoms. The van der Waals surface area contributed by atoms with Gasteiger partial charge in [0.1, 0.15) is 0 Å². The van der Waals surface area contributed by atoms with Crippen molar-refractivity contribution in [2.24, 2.45) is 5.14 Å². The number of halogens is 5. The largest absolute Gasteiger partial charge is 0.494 e. The Morgan fingerprint density at radius 3 is 2.17 bits per heavy atom. The van der Waals surface area contributed by atoms with Gasteiger partial charge in [-0.2, -0.15) is 22.7 Å². The van der Waals surface area contributed by atoms with Crippen molar-refractivity contribution in [1.29, 1.82) is 0 Å². The number of rotatable bonds is 4. The Balaban J connectivity index is 2.20. The SMILES string of the molecule is COc1ccc(-c2c(C(F)(F)F)nn(-c3ccc(S(N)(=O)=O)cc3)c2F)cc1F. The summed E-state index contributed by atoms with van der Waals surface area (Å²) in [5.74, 6) is -2.62. The minimum Gasteiger partial charge on any atom is -0.494 e. The van der Waals surface area contributed by atoms with E-state index < -0.39 is 44.8 Å². The molecule has 6 nitrogen and oxygen atoms in total. The fourth-order valence-corrected chi connectivity index (χ4v) is 3.14. The van der Waals surface area contributed by atoms with Crippen LogP contribution in [0.2, 0.25) is 0 Å². The van der Waals surface area contributed by atoms with Crippen molar-refractivity contribution in [2.75, 3.05) is 7.11 Å². The molecule has 0 radical (unpaired) electrons. The molecule has 2 N–H and O–H groups in total. The molecule has 3 rings (SSSR count). The van der Waals surface area contributed by atoms with E-state index in [0.717, 1.165) is 36.4 Å². The van der Waals surface area contributed by atoms with Crippen molar-refractivity contribution in [2.45, 2.75) is 11.1 Å². The van der Waals surface area contributed by atoms with Gasteiger partial charge >= 0.3 is 6.18 Å². The van der Waals surface area contributed by atoms with Gasteiger partial charge in [0.05, 0.1) is 23.3 Å². The monoisotopic (exact) mass is 433 g/mol. The Kier molecular flexibility index (Phi) is 5.09. The molecule has 1 heterocycles. The molecular weight excluding hydrogens is 421 g/mol. The smallest absolute Gasteiger partial charge is 0.435 e. The average molecular weight is 433 g/mol. The number of benzene rings is 2. The number of ether oxygens (including phenoxy) is 1. The number of aromatic nitrogens is 2. The van der Waals surface area contributed by atoms with Crippen molar-refractivity contribution < 1.29 is 35.1 Å². The second kappa shape index (κ2) is 7.12. The zero-order chi connectivity index (χ0) is 21.6. The zero-order valence-electron chi connectivity index (χ0n) is 14.5. The van der Waals surface area contributed by atoms with Crippen LogP contribution >= 0.6 is 0 Å². The van der Waals surface area contributed by atoms with E-state index >= 15 is 0 Å². The molecule has 0 fully saturated rings. The third-order valence-corrected chi connectivity index (χ3v) is 4.88. The van der Waals surface area contributed by atoms with E-state index in [4.69, 9.17) is 9.88 Å². The molecule has 0 atom stereocenters. The average Bonchev–Trinajstić information content (AvgIpc) is 2.98. The predicted molar refractivity (Wildman–Crippen MR) is 91.8 cm³/mol. The molecule has 2 aromatic carbocycles. The molecule has 0 bridgehead atoms. The number of nitrogens with two attached hydrogens (primary N) is 1. The maximum Gasteiger partial charge on any atom is 0.435 e. The van der Waals surface area contributed by atoms with Crippen LogP contribution in [0.4, 0.5) is 22.0 Å². The first-order valence-electron chi connectivity index (χ1n) is 7.76.